The van der Waals surface area contributed by atoms with Crippen LogP contribution in [0.2, 0.25) is 5.02 Å². The molecule has 0 fully saturated rings. The lowest BCUT2D eigenvalue weighted by molar-refractivity contribution is -0.137. The summed E-state index contributed by atoms with van der Waals surface area (Å²) in [5.41, 5.74) is 0.726. The van der Waals surface area contributed by atoms with Crippen molar-refractivity contribution in [1.82, 2.24) is 24.8 Å². The lowest BCUT2D eigenvalue weighted by Crippen LogP contribution is -2.40. The lowest BCUT2D eigenvalue weighted by atomic mass is 10.2. The molecule has 0 unspecified atom stereocenters. The van der Waals surface area contributed by atoms with Crippen LogP contribution in [-0.4, -0.2) is 58.9 Å². The molecule has 11 nitrogen and oxygen atoms in total. The van der Waals surface area contributed by atoms with Crippen molar-refractivity contribution in [3.8, 4) is 5.69 Å². The molecule has 0 bridgehead atoms. The van der Waals surface area contributed by atoms with Gasteiger partial charge in [0.1, 0.15) is 12.7 Å². The molecule has 0 radical (unpaired) electrons. The monoisotopic (exact) mass is 562 g/mol. The molecule has 39 heavy (non-hydrogen) atoms. The predicted octanol–water partition coefficient (Wildman–Crippen LogP) is 4.92. The zero-order chi connectivity index (χ0) is 28.2. The van der Waals surface area contributed by atoms with Crippen LogP contribution in [0.1, 0.15) is 5.56 Å². The summed E-state index contributed by atoms with van der Waals surface area (Å²) in [6, 6.07) is 8.52. The summed E-state index contributed by atoms with van der Waals surface area (Å²) in [6.45, 7) is 0.522. The molecule has 0 saturated heterocycles. The van der Waals surface area contributed by atoms with Gasteiger partial charge in [0.25, 0.3) is 0 Å². The molecule has 0 aliphatic carbocycles. The minimum Gasteiger partial charge on any atom is -0.383 e. The summed E-state index contributed by atoms with van der Waals surface area (Å²) in [4.78, 5) is 39.1. The van der Waals surface area contributed by atoms with E-state index in [1.54, 1.807) is 28.8 Å². The Morgan fingerprint density at radius 3 is 2.41 bits per heavy atom. The molecule has 4 rings (SSSR count). The number of aromatic nitrogens is 4. The minimum atomic E-state index is -4.66. The topological polar surface area (TPSA) is 126 Å². The van der Waals surface area contributed by atoms with Gasteiger partial charge in [0.2, 0.25) is 0 Å². The molecule has 4 amide bonds. The number of hydrogen-bond donors (Lipinski definition) is 3. The number of nitrogens with one attached hydrogen (secondary N) is 3. The second-order valence-electron chi connectivity index (χ2n) is 8.00. The van der Waals surface area contributed by atoms with E-state index in [1.807, 2.05) is 0 Å². The first-order valence-corrected chi connectivity index (χ1v) is 11.7. The average molecular weight is 563 g/mol. The smallest absolute Gasteiger partial charge is 0.383 e. The standard InChI is InChI=1S/C24H22ClF3N8O3/c1-29-23(38)35(9-10-39-2)20-19-21(31-12-30-20)36(13-32-19)16-6-3-14(4-7-16)33-22(37)34-15-5-8-18(25)17(11-15)24(26,27)28/h3-8,11-13H,9-10H2,1-2H3,(H,29,38)(H2,33,34,37). The van der Waals surface area contributed by atoms with E-state index in [0.29, 0.717) is 28.4 Å². The number of rotatable bonds is 7. The fourth-order valence-corrected chi connectivity index (χ4v) is 3.87. The van der Waals surface area contributed by atoms with Crippen molar-refractivity contribution in [3.05, 3.63) is 65.7 Å². The van der Waals surface area contributed by atoms with E-state index in [1.165, 1.54) is 37.8 Å². The van der Waals surface area contributed by atoms with E-state index in [2.05, 4.69) is 30.9 Å². The van der Waals surface area contributed by atoms with Crippen molar-refractivity contribution in [2.75, 3.05) is 42.8 Å². The maximum Gasteiger partial charge on any atom is 0.417 e. The van der Waals surface area contributed by atoms with Crippen LogP contribution in [0.4, 0.5) is 40.0 Å². The number of nitrogens with zero attached hydrogens (tertiary/aromatic N) is 5. The molecule has 0 aliphatic rings. The molecule has 2 aromatic heterocycles. The molecular formula is C24H22ClF3N8O3. The van der Waals surface area contributed by atoms with Crippen LogP contribution < -0.4 is 20.9 Å². The first-order chi connectivity index (χ1) is 18.6. The molecule has 0 atom stereocenters. The lowest BCUT2D eigenvalue weighted by Gasteiger charge is -2.20. The fraction of sp³-hybridized carbons (Fsp3) is 0.208. The van der Waals surface area contributed by atoms with E-state index in [-0.39, 0.29) is 24.9 Å². The SMILES string of the molecule is CNC(=O)N(CCOC)c1ncnc2c1ncn2-c1ccc(NC(=O)Nc2ccc(Cl)c(C(F)(F)F)c2)cc1. The van der Waals surface area contributed by atoms with Crippen molar-refractivity contribution in [2.45, 2.75) is 6.18 Å². The fourth-order valence-electron chi connectivity index (χ4n) is 3.65. The van der Waals surface area contributed by atoms with Gasteiger partial charge in [-0.2, -0.15) is 13.2 Å². The number of benzene rings is 2. The number of methoxy groups -OCH3 is 1. The Morgan fingerprint density at radius 1 is 1.05 bits per heavy atom. The number of ether oxygens (including phenoxy) is 1. The quantitative estimate of drug-likeness (QED) is 0.293. The van der Waals surface area contributed by atoms with Crippen molar-refractivity contribution >= 4 is 52.0 Å². The first-order valence-electron chi connectivity index (χ1n) is 11.3. The number of halogens is 4. The molecule has 15 heteroatoms. The summed E-state index contributed by atoms with van der Waals surface area (Å²) in [7, 11) is 3.03. The number of anilines is 3. The third-order valence-electron chi connectivity index (χ3n) is 5.48. The van der Waals surface area contributed by atoms with Crippen LogP contribution in [0, 0.1) is 0 Å². The highest BCUT2D eigenvalue weighted by Crippen LogP contribution is 2.36. The Hall–Kier alpha value is -4.43. The zero-order valence-electron chi connectivity index (χ0n) is 20.6. The molecule has 4 aromatic rings. The number of fused-ring (bicyclic) bond motifs is 1. The Labute approximate surface area is 225 Å². The van der Waals surface area contributed by atoms with Crippen molar-refractivity contribution in [1.29, 1.82) is 0 Å². The summed E-state index contributed by atoms with van der Waals surface area (Å²) in [5.74, 6) is 0.306. The molecule has 3 N–H and O–H groups in total. The molecule has 204 valence electrons. The van der Waals surface area contributed by atoms with Crippen LogP contribution >= 0.6 is 11.6 Å². The van der Waals surface area contributed by atoms with Gasteiger partial charge in [-0.05, 0) is 42.5 Å². The maximum absolute atomic E-state index is 13.1. The second kappa shape index (κ2) is 11.5. The number of urea groups is 2. The second-order valence-corrected chi connectivity index (χ2v) is 8.41. The molecule has 2 heterocycles. The molecule has 2 aromatic carbocycles. The van der Waals surface area contributed by atoms with E-state index in [4.69, 9.17) is 16.3 Å². The minimum absolute atomic E-state index is 0.0717. The molecule has 0 saturated carbocycles. The molecule has 0 aliphatic heterocycles. The molecular weight excluding hydrogens is 541 g/mol. The van der Waals surface area contributed by atoms with Gasteiger partial charge in [-0.3, -0.25) is 9.47 Å². The number of hydrogen-bond acceptors (Lipinski definition) is 6. The number of amides is 4. The average Bonchev–Trinajstić information content (AvgIpc) is 3.34. The summed E-state index contributed by atoms with van der Waals surface area (Å²) < 4.78 is 46.0. The van der Waals surface area contributed by atoms with E-state index >= 15 is 0 Å². The van der Waals surface area contributed by atoms with Crippen LogP contribution in [0.3, 0.4) is 0 Å². The van der Waals surface area contributed by atoms with Gasteiger partial charge in [0, 0.05) is 31.2 Å². The summed E-state index contributed by atoms with van der Waals surface area (Å²) in [5, 5.41) is 7.01. The van der Waals surface area contributed by atoms with Crippen LogP contribution in [0.15, 0.2) is 55.1 Å². The third-order valence-corrected chi connectivity index (χ3v) is 5.81. The van der Waals surface area contributed by atoms with Crippen molar-refractivity contribution in [3.63, 3.8) is 0 Å². The van der Waals surface area contributed by atoms with Crippen molar-refractivity contribution < 1.29 is 27.5 Å². The largest absolute Gasteiger partial charge is 0.417 e. The van der Waals surface area contributed by atoms with Gasteiger partial charge >= 0.3 is 18.2 Å². The highest BCUT2D eigenvalue weighted by Gasteiger charge is 2.33. The van der Waals surface area contributed by atoms with Gasteiger partial charge in [-0.25, -0.2) is 24.5 Å². The third kappa shape index (κ3) is 6.18. The number of alkyl halides is 3. The summed E-state index contributed by atoms with van der Waals surface area (Å²) in [6.07, 6.45) is -1.82. The van der Waals surface area contributed by atoms with Crippen LogP contribution in [0.5, 0.6) is 0 Å². The Morgan fingerprint density at radius 2 is 1.74 bits per heavy atom. The van der Waals surface area contributed by atoms with E-state index < -0.39 is 22.8 Å². The zero-order valence-corrected chi connectivity index (χ0v) is 21.3. The Bertz CT molecular complexity index is 1490. The highest BCUT2D eigenvalue weighted by molar-refractivity contribution is 6.31. The van der Waals surface area contributed by atoms with Crippen molar-refractivity contribution in [2.24, 2.45) is 0 Å². The number of carbonyl (C=O) groups excluding carboxylic acids is 2. The number of imidazole rings is 1. The van der Waals surface area contributed by atoms with Gasteiger partial charge in [-0.15, -0.1) is 0 Å². The normalized spacial score (nSPS) is 11.3. The highest BCUT2D eigenvalue weighted by atomic mass is 35.5. The van der Waals surface area contributed by atoms with Gasteiger partial charge < -0.3 is 20.7 Å². The molecule has 0 spiro atoms. The van der Waals surface area contributed by atoms with Gasteiger partial charge in [0.15, 0.2) is 17.0 Å². The number of carbonyl (C=O) groups is 2. The maximum atomic E-state index is 13.1. The van der Waals surface area contributed by atoms with Crippen LogP contribution in [0.25, 0.3) is 16.9 Å². The van der Waals surface area contributed by atoms with Gasteiger partial charge in [-0.1, -0.05) is 11.6 Å². The van der Waals surface area contributed by atoms with E-state index in [0.717, 1.165) is 12.1 Å². The van der Waals surface area contributed by atoms with E-state index in [9.17, 15) is 22.8 Å². The Balaban J connectivity index is 1.52. The summed E-state index contributed by atoms with van der Waals surface area (Å²) >= 11 is 5.62. The van der Waals surface area contributed by atoms with Crippen LogP contribution in [-0.2, 0) is 10.9 Å². The first kappa shape index (κ1) is 27.6. The Kier molecular flexibility index (Phi) is 8.16. The van der Waals surface area contributed by atoms with Gasteiger partial charge in [0.05, 0.1) is 23.7 Å². The predicted molar refractivity (Wildman–Crippen MR) is 139 cm³/mol.